The molecule has 6 atom stereocenters. The van der Waals surface area contributed by atoms with E-state index in [1.54, 1.807) is 5.57 Å². The Labute approximate surface area is 149 Å². The Kier molecular flexibility index (Phi) is 3.90. The standard InChI is InChI=1S/C24H36/c1-6-17(3)20-9-10-21-19-8-7-18-15-16(2)11-13-23(18,4)22(19)12-14-24(20,21)5/h15,19-22H,2-3,6-14H2,1,4-5H3. The van der Waals surface area contributed by atoms with Gasteiger partial charge in [-0.2, -0.15) is 0 Å². The summed E-state index contributed by atoms with van der Waals surface area (Å²) in [5.74, 6) is 3.64. The Morgan fingerprint density at radius 2 is 1.88 bits per heavy atom. The molecule has 0 saturated heterocycles. The van der Waals surface area contributed by atoms with Crippen LogP contribution in [0.5, 0.6) is 0 Å². The van der Waals surface area contributed by atoms with E-state index in [1.165, 1.54) is 68.9 Å². The molecule has 0 aromatic heterocycles. The Bertz CT molecular complexity index is 593. The summed E-state index contributed by atoms with van der Waals surface area (Å²) in [6.07, 6.45) is 14.8. The third-order valence-electron chi connectivity index (χ3n) is 9.03. The molecule has 0 aromatic rings. The second kappa shape index (κ2) is 5.61. The molecule has 3 fully saturated rings. The molecule has 132 valence electrons. The van der Waals surface area contributed by atoms with Gasteiger partial charge in [0, 0.05) is 0 Å². The monoisotopic (exact) mass is 324 g/mol. The van der Waals surface area contributed by atoms with Gasteiger partial charge in [-0.05, 0) is 92.3 Å². The third kappa shape index (κ3) is 2.17. The summed E-state index contributed by atoms with van der Waals surface area (Å²) in [5.41, 5.74) is 5.68. The lowest BCUT2D eigenvalue weighted by Crippen LogP contribution is -2.50. The van der Waals surface area contributed by atoms with Crippen molar-refractivity contribution in [3.8, 4) is 0 Å². The van der Waals surface area contributed by atoms with Crippen LogP contribution in [-0.4, -0.2) is 0 Å². The highest BCUT2D eigenvalue weighted by Gasteiger charge is 2.58. The zero-order valence-corrected chi connectivity index (χ0v) is 16.2. The molecule has 0 aliphatic heterocycles. The van der Waals surface area contributed by atoms with Crippen LogP contribution in [0.1, 0.15) is 78.6 Å². The van der Waals surface area contributed by atoms with Gasteiger partial charge in [0.2, 0.25) is 0 Å². The Morgan fingerprint density at radius 1 is 1.08 bits per heavy atom. The molecule has 0 aromatic carbocycles. The van der Waals surface area contributed by atoms with Crippen LogP contribution in [0.4, 0.5) is 0 Å². The van der Waals surface area contributed by atoms with Crippen LogP contribution in [0.15, 0.2) is 36.0 Å². The SMILES string of the molecule is C=C1C=C2CCC3C(CCC4(C)C(C(=C)CC)CCC34)C2(C)CC1. The summed E-state index contributed by atoms with van der Waals surface area (Å²) < 4.78 is 0. The normalized spacial score (nSPS) is 47.5. The molecule has 0 N–H and O–H groups in total. The van der Waals surface area contributed by atoms with Crippen molar-refractivity contribution in [2.75, 3.05) is 0 Å². The second-order valence-corrected chi connectivity index (χ2v) is 9.85. The molecule has 4 rings (SSSR count). The summed E-state index contributed by atoms with van der Waals surface area (Å²) in [4.78, 5) is 0. The van der Waals surface area contributed by atoms with E-state index in [0.717, 1.165) is 23.7 Å². The minimum absolute atomic E-state index is 0.477. The van der Waals surface area contributed by atoms with Gasteiger partial charge in [0.05, 0.1) is 0 Å². The maximum absolute atomic E-state index is 4.46. The highest BCUT2D eigenvalue weighted by Crippen LogP contribution is 2.67. The number of hydrogen-bond acceptors (Lipinski definition) is 0. The van der Waals surface area contributed by atoms with Crippen molar-refractivity contribution in [1.29, 1.82) is 0 Å². The molecule has 0 spiro atoms. The lowest BCUT2D eigenvalue weighted by Gasteiger charge is -2.58. The predicted molar refractivity (Wildman–Crippen MR) is 104 cm³/mol. The lowest BCUT2D eigenvalue weighted by atomic mass is 9.46. The van der Waals surface area contributed by atoms with E-state index in [2.05, 4.69) is 40.0 Å². The average molecular weight is 325 g/mol. The Hall–Kier alpha value is -0.780. The minimum atomic E-state index is 0.477. The van der Waals surface area contributed by atoms with Gasteiger partial charge in [-0.3, -0.25) is 0 Å². The first kappa shape index (κ1) is 16.7. The van der Waals surface area contributed by atoms with Gasteiger partial charge in [0.15, 0.2) is 0 Å². The van der Waals surface area contributed by atoms with Crippen LogP contribution in [-0.2, 0) is 0 Å². The first-order chi connectivity index (χ1) is 11.4. The first-order valence-electron chi connectivity index (χ1n) is 10.5. The van der Waals surface area contributed by atoms with Gasteiger partial charge in [0.1, 0.15) is 0 Å². The lowest BCUT2D eigenvalue weighted by molar-refractivity contribution is -0.0453. The molecule has 3 saturated carbocycles. The smallest absolute Gasteiger partial charge is 0.00790 e. The summed E-state index contributed by atoms with van der Waals surface area (Å²) >= 11 is 0. The molecule has 0 heteroatoms. The molecule has 0 amide bonds. The summed E-state index contributed by atoms with van der Waals surface area (Å²) in [6.45, 7) is 16.3. The second-order valence-electron chi connectivity index (χ2n) is 9.85. The highest BCUT2D eigenvalue weighted by molar-refractivity contribution is 5.33. The molecular weight excluding hydrogens is 288 g/mol. The molecule has 0 bridgehead atoms. The fraction of sp³-hybridized carbons (Fsp3) is 0.750. The zero-order chi connectivity index (χ0) is 17.1. The van der Waals surface area contributed by atoms with E-state index in [4.69, 9.17) is 0 Å². The van der Waals surface area contributed by atoms with Crippen molar-refractivity contribution in [1.82, 2.24) is 0 Å². The zero-order valence-electron chi connectivity index (χ0n) is 16.2. The fourth-order valence-electron chi connectivity index (χ4n) is 7.57. The van der Waals surface area contributed by atoms with E-state index >= 15 is 0 Å². The summed E-state index contributed by atoms with van der Waals surface area (Å²) in [5, 5.41) is 0. The van der Waals surface area contributed by atoms with Gasteiger partial charge in [-0.25, -0.2) is 0 Å². The Morgan fingerprint density at radius 3 is 2.62 bits per heavy atom. The topological polar surface area (TPSA) is 0 Å². The number of hydrogen-bond donors (Lipinski definition) is 0. The molecule has 4 aliphatic carbocycles. The largest absolute Gasteiger partial charge is 0.0996 e. The van der Waals surface area contributed by atoms with Crippen molar-refractivity contribution in [2.24, 2.45) is 34.5 Å². The van der Waals surface area contributed by atoms with Crippen LogP contribution in [0.25, 0.3) is 0 Å². The molecule has 0 nitrogen and oxygen atoms in total. The number of fused-ring (bicyclic) bond motifs is 5. The van der Waals surface area contributed by atoms with E-state index in [9.17, 15) is 0 Å². The van der Waals surface area contributed by atoms with E-state index in [0.29, 0.717) is 10.8 Å². The molecular formula is C24H36. The van der Waals surface area contributed by atoms with Crippen molar-refractivity contribution in [3.05, 3.63) is 36.0 Å². The van der Waals surface area contributed by atoms with Gasteiger partial charge in [-0.15, -0.1) is 0 Å². The molecule has 0 heterocycles. The van der Waals surface area contributed by atoms with Crippen LogP contribution >= 0.6 is 0 Å². The number of allylic oxidation sites excluding steroid dienone is 4. The molecule has 4 aliphatic rings. The van der Waals surface area contributed by atoms with Crippen LogP contribution in [0, 0.1) is 34.5 Å². The maximum Gasteiger partial charge on any atom is -0.00790 e. The van der Waals surface area contributed by atoms with Crippen molar-refractivity contribution in [3.63, 3.8) is 0 Å². The highest BCUT2D eigenvalue weighted by atomic mass is 14.6. The third-order valence-corrected chi connectivity index (χ3v) is 9.03. The average Bonchev–Trinajstić information content (AvgIpc) is 2.92. The van der Waals surface area contributed by atoms with Gasteiger partial charge < -0.3 is 0 Å². The molecule has 24 heavy (non-hydrogen) atoms. The summed E-state index contributed by atoms with van der Waals surface area (Å²) in [7, 11) is 0. The minimum Gasteiger partial charge on any atom is -0.0996 e. The van der Waals surface area contributed by atoms with Crippen molar-refractivity contribution >= 4 is 0 Å². The Balaban J connectivity index is 1.65. The van der Waals surface area contributed by atoms with Gasteiger partial charge in [0.25, 0.3) is 0 Å². The van der Waals surface area contributed by atoms with Crippen molar-refractivity contribution < 1.29 is 0 Å². The molecule has 0 radical (unpaired) electrons. The predicted octanol–water partition coefficient (Wildman–Crippen LogP) is 7.09. The van der Waals surface area contributed by atoms with Crippen LogP contribution in [0.2, 0.25) is 0 Å². The van der Waals surface area contributed by atoms with E-state index in [-0.39, 0.29) is 0 Å². The van der Waals surface area contributed by atoms with Gasteiger partial charge in [-0.1, -0.05) is 56.7 Å². The fourth-order valence-corrected chi connectivity index (χ4v) is 7.57. The maximum atomic E-state index is 4.46. The van der Waals surface area contributed by atoms with Crippen molar-refractivity contribution in [2.45, 2.75) is 78.6 Å². The van der Waals surface area contributed by atoms with Gasteiger partial charge >= 0.3 is 0 Å². The molecule has 6 unspecified atom stereocenters. The quantitative estimate of drug-likeness (QED) is 0.476. The summed E-state index contributed by atoms with van der Waals surface area (Å²) in [6, 6.07) is 0. The van der Waals surface area contributed by atoms with Crippen LogP contribution in [0.3, 0.4) is 0 Å². The van der Waals surface area contributed by atoms with E-state index < -0.39 is 0 Å². The van der Waals surface area contributed by atoms with Crippen LogP contribution < -0.4 is 0 Å². The first-order valence-corrected chi connectivity index (χ1v) is 10.5. The number of rotatable bonds is 2. The van der Waals surface area contributed by atoms with E-state index in [1.807, 2.05) is 0 Å².